The molecule has 8 heteroatoms. The van der Waals surface area contributed by atoms with E-state index in [1.807, 2.05) is 0 Å². The quantitative estimate of drug-likeness (QED) is 0.868. The first-order chi connectivity index (χ1) is 12.4. The molecule has 1 saturated carbocycles. The minimum absolute atomic E-state index is 0.134. The standard InChI is InChI=1S/C18H22FN3O3S/c19-14-5-3-7-16(11-14)26(24,25)21-15-6-4-10-22(12-15)17(23)18(13-20)8-1-2-9-18/h3,5,7,11,15,21H,1-2,4,6,8-10,12H2. The van der Waals surface area contributed by atoms with Crippen LogP contribution in [0.1, 0.15) is 38.5 Å². The zero-order valence-electron chi connectivity index (χ0n) is 14.4. The number of hydrogen-bond acceptors (Lipinski definition) is 4. The van der Waals surface area contributed by atoms with Crippen LogP contribution in [0.4, 0.5) is 4.39 Å². The molecule has 6 nitrogen and oxygen atoms in total. The molecule has 1 heterocycles. The van der Waals surface area contributed by atoms with Crippen LogP contribution in [0.25, 0.3) is 0 Å². The highest BCUT2D eigenvalue weighted by molar-refractivity contribution is 7.89. The number of benzene rings is 1. The van der Waals surface area contributed by atoms with Crippen molar-refractivity contribution in [2.75, 3.05) is 13.1 Å². The minimum atomic E-state index is -3.86. The Labute approximate surface area is 153 Å². The summed E-state index contributed by atoms with van der Waals surface area (Å²) in [5.41, 5.74) is -0.955. The molecule has 0 bridgehead atoms. The van der Waals surface area contributed by atoms with Gasteiger partial charge in [-0.1, -0.05) is 18.9 Å². The van der Waals surface area contributed by atoms with Crippen molar-refractivity contribution in [1.82, 2.24) is 9.62 Å². The average Bonchev–Trinajstić information content (AvgIpc) is 3.11. The van der Waals surface area contributed by atoms with E-state index in [-0.39, 0.29) is 17.3 Å². The number of halogens is 1. The Morgan fingerprint density at radius 3 is 2.69 bits per heavy atom. The molecule has 1 N–H and O–H groups in total. The number of nitrogens with zero attached hydrogens (tertiary/aromatic N) is 2. The van der Waals surface area contributed by atoms with E-state index in [1.165, 1.54) is 18.2 Å². The molecule has 1 aliphatic carbocycles. The Bertz CT molecular complexity index is 828. The zero-order valence-corrected chi connectivity index (χ0v) is 15.3. The monoisotopic (exact) mass is 379 g/mol. The Hall–Kier alpha value is -1.98. The third kappa shape index (κ3) is 3.74. The lowest BCUT2D eigenvalue weighted by atomic mass is 9.85. The molecule has 1 aromatic rings. The van der Waals surface area contributed by atoms with E-state index in [1.54, 1.807) is 4.90 Å². The SMILES string of the molecule is N#CC1(C(=O)N2CCCC(NS(=O)(=O)c3cccc(F)c3)C2)CCCC1. The zero-order chi connectivity index (χ0) is 18.8. The molecule has 2 fully saturated rings. The summed E-state index contributed by atoms with van der Waals surface area (Å²) in [5.74, 6) is -0.808. The van der Waals surface area contributed by atoms with Crippen LogP contribution in [0.5, 0.6) is 0 Å². The topological polar surface area (TPSA) is 90.3 Å². The maximum absolute atomic E-state index is 13.3. The summed E-state index contributed by atoms with van der Waals surface area (Å²) in [6, 6.07) is 6.58. The number of likely N-dealkylation sites (tertiary alicyclic amines) is 1. The number of carbonyl (C=O) groups excluding carboxylic acids is 1. The van der Waals surface area contributed by atoms with Gasteiger partial charge in [-0.15, -0.1) is 0 Å². The van der Waals surface area contributed by atoms with Crippen molar-refractivity contribution in [2.24, 2.45) is 5.41 Å². The number of piperidine rings is 1. The second-order valence-corrected chi connectivity index (χ2v) is 8.78. The van der Waals surface area contributed by atoms with E-state index in [9.17, 15) is 22.9 Å². The van der Waals surface area contributed by atoms with Gasteiger partial charge in [-0.3, -0.25) is 4.79 Å². The van der Waals surface area contributed by atoms with Gasteiger partial charge in [0, 0.05) is 19.1 Å². The maximum atomic E-state index is 13.3. The summed E-state index contributed by atoms with van der Waals surface area (Å²) in [5, 5.41) is 9.50. The summed E-state index contributed by atoms with van der Waals surface area (Å²) in [6.07, 6.45) is 4.12. The van der Waals surface area contributed by atoms with Gasteiger partial charge in [0.25, 0.3) is 0 Å². The van der Waals surface area contributed by atoms with Crippen LogP contribution < -0.4 is 4.72 Å². The van der Waals surface area contributed by atoms with Crippen molar-refractivity contribution >= 4 is 15.9 Å². The highest BCUT2D eigenvalue weighted by Crippen LogP contribution is 2.39. The van der Waals surface area contributed by atoms with Gasteiger partial charge < -0.3 is 4.90 Å². The van der Waals surface area contributed by atoms with Gasteiger partial charge in [-0.2, -0.15) is 5.26 Å². The van der Waals surface area contributed by atoms with E-state index < -0.39 is 27.3 Å². The molecular weight excluding hydrogens is 357 g/mol. The highest BCUT2D eigenvalue weighted by atomic mass is 32.2. The van der Waals surface area contributed by atoms with E-state index in [0.29, 0.717) is 32.2 Å². The van der Waals surface area contributed by atoms with E-state index in [2.05, 4.69) is 10.8 Å². The second kappa shape index (κ2) is 7.33. The normalized spacial score (nSPS) is 22.8. The predicted molar refractivity (Wildman–Crippen MR) is 92.8 cm³/mol. The first-order valence-corrected chi connectivity index (χ1v) is 10.3. The number of nitriles is 1. The van der Waals surface area contributed by atoms with Crippen molar-refractivity contribution in [1.29, 1.82) is 5.26 Å². The third-order valence-corrected chi connectivity index (χ3v) is 6.74. The molecule has 0 spiro atoms. The molecule has 1 amide bonds. The lowest BCUT2D eigenvalue weighted by molar-refractivity contribution is -0.140. The number of sulfonamides is 1. The number of nitrogens with one attached hydrogen (secondary N) is 1. The highest BCUT2D eigenvalue weighted by Gasteiger charge is 2.45. The summed E-state index contributed by atoms with van der Waals surface area (Å²) in [4.78, 5) is 14.3. The molecular formula is C18H22FN3O3S. The number of hydrogen-bond donors (Lipinski definition) is 1. The van der Waals surface area contributed by atoms with Crippen LogP contribution >= 0.6 is 0 Å². The lowest BCUT2D eigenvalue weighted by Crippen LogP contribution is -2.52. The number of rotatable bonds is 4. The smallest absolute Gasteiger partial charge is 0.243 e. The van der Waals surface area contributed by atoms with Crippen molar-refractivity contribution < 1.29 is 17.6 Å². The lowest BCUT2D eigenvalue weighted by Gasteiger charge is -2.36. The molecule has 0 radical (unpaired) electrons. The average molecular weight is 379 g/mol. The Morgan fingerprint density at radius 1 is 1.31 bits per heavy atom. The molecule has 1 atom stereocenters. The number of amides is 1. The largest absolute Gasteiger partial charge is 0.340 e. The van der Waals surface area contributed by atoms with Crippen LogP contribution in [0.3, 0.4) is 0 Å². The van der Waals surface area contributed by atoms with Crippen LogP contribution in [0, 0.1) is 22.6 Å². The van der Waals surface area contributed by atoms with Crippen molar-refractivity contribution in [3.63, 3.8) is 0 Å². The third-order valence-electron chi connectivity index (χ3n) is 5.22. The first kappa shape index (κ1) is 18.8. The van der Waals surface area contributed by atoms with Crippen LogP contribution in [0.15, 0.2) is 29.2 Å². The van der Waals surface area contributed by atoms with Crippen LogP contribution in [-0.2, 0) is 14.8 Å². The van der Waals surface area contributed by atoms with Crippen molar-refractivity contribution in [3.05, 3.63) is 30.1 Å². The molecule has 0 aromatic heterocycles. The molecule has 1 saturated heterocycles. The fourth-order valence-corrected chi connectivity index (χ4v) is 5.13. The van der Waals surface area contributed by atoms with Gasteiger partial charge in [-0.05, 0) is 43.9 Å². The van der Waals surface area contributed by atoms with Gasteiger partial charge in [0.15, 0.2) is 0 Å². The summed E-state index contributed by atoms with van der Waals surface area (Å²) < 4.78 is 40.8. The van der Waals surface area contributed by atoms with Gasteiger partial charge >= 0.3 is 0 Å². The van der Waals surface area contributed by atoms with Gasteiger partial charge in [0.2, 0.25) is 15.9 Å². The van der Waals surface area contributed by atoms with Gasteiger partial charge in [0.05, 0.1) is 11.0 Å². The molecule has 1 aromatic carbocycles. The summed E-state index contributed by atoms with van der Waals surface area (Å²) in [6.45, 7) is 0.761. The molecule has 3 rings (SSSR count). The fourth-order valence-electron chi connectivity index (χ4n) is 3.83. The Balaban J connectivity index is 1.71. The Kier molecular flexibility index (Phi) is 5.30. The first-order valence-electron chi connectivity index (χ1n) is 8.85. The molecule has 1 aliphatic heterocycles. The molecule has 140 valence electrons. The fraction of sp³-hybridized carbons (Fsp3) is 0.556. The predicted octanol–water partition coefficient (Wildman–Crippen LogP) is 2.18. The van der Waals surface area contributed by atoms with E-state index in [0.717, 1.165) is 18.9 Å². The van der Waals surface area contributed by atoms with Crippen molar-refractivity contribution in [2.45, 2.75) is 49.5 Å². The maximum Gasteiger partial charge on any atom is 0.243 e. The summed E-state index contributed by atoms with van der Waals surface area (Å²) >= 11 is 0. The van der Waals surface area contributed by atoms with E-state index >= 15 is 0 Å². The Morgan fingerprint density at radius 2 is 2.04 bits per heavy atom. The van der Waals surface area contributed by atoms with Crippen LogP contribution in [-0.4, -0.2) is 38.4 Å². The van der Waals surface area contributed by atoms with Gasteiger partial charge in [0.1, 0.15) is 11.2 Å². The van der Waals surface area contributed by atoms with E-state index in [4.69, 9.17) is 0 Å². The molecule has 1 unspecified atom stereocenters. The molecule has 26 heavy (non-hydrogen) atoms. The summed E-state index contributed by atoms with van der Waals surface area (Å²) in [7, 11) is -3.86. The minimum Gasteiger partial charge on any atom is -0.340 e. The number of carbonyl (C=O) groups is 1. The second-order valence-electron chi connectivity index (χ2n) is 7.07. The van der Waals surface area contributed by atoms with Crippen molar-refractivity contribution in [3.8, 4) is 6.07 Å². The van der Waals surface area contributed by atoms with Crippen LogP contribution in [0.2, 0.25) is 0 Å². The molecule has 2 aliphatic rings. The van der Waals surface area contributed by atoms with Gasteiger partial charge in [-0.25, -0.2) is 17.5 Å².